The molecule has 3 rings (SSSR count). The van der Waals surface area contributed by atoms with Crippen LogP contribution in [0.1, 0.15) is 49.3 Å². The lowest BCUT2D eigenvalue weighted by Gasteiger charge is -2.31. The first-order valence-electron chi connectivity index (χ1n) is 10.4. The number of hydrogen-bond acceptors (Lipinski definition) is 3. The maximum Gasteiger partial charge on any atom is 0.228 e. The van der Waals surface area contributed by atoms with Crippen molar-refractivity contribution < 1.29 is 13.2 Å². The van der Waals surface area contributed by atoms with Crippen molar-refractivity contribution >= 4 is 44.8 Å². The highest BCUT2D eigenvalue weighted by atomic mass is 35.5. The van der Waals surface area contributed by atoms with Crippen LogP contribution in [-0.4, -0.2) is 31.7 Å². The van der Waals surface area contributed by atoms with Gasteiger partial charge >= 0.3 is 0 Å². The quantitative estimate of drug-likeness (QED) is 0.581. The third-order valence-electron chi connectivity index (χ3n) is 5.66. The number of para-hydroxylation sites is 1. The van der Waals surface area contributed by atoms with Gasteiger partial charge in [-0.3, -0.25) is 4.79 Å². The topological polar surface area (TPSA) is 66.5 Å². The molecule has 0 saturated carbocycles. The highest BCUT2D eigenvalue weighted by molar-refractivity contribution is 7.88. The van der Waals surface area contributed by atoms with Crippen LogP contribution >= 0.6 is 23.2 Å². The molecule has 1 N–H and O–H groups in total. The van der Waals surface area contributed by atoms with Crippen LogP contribution in [0.5, 0.6) is 0 Å². The molecule has 1 heterocycles. The number of rotatable bonds is 6. The van der Waals surface area contributed by atoms with Crippen LogP contribution in [0.3, 0.4) is 0 Å². The second-order valence-corrected chi connectivity index (χ2v) is 11.2. The second-order valence-electron chi connectivity index (χ2n) is 8.38. The molecule has 1 amide bonds. The summed E-state index contributed by atoms with van der Waals surface area (Å²) < 4.78 is 27.4. The van der Waals surface area contributed by atoms with E-state index < -0.39 is 15.9 Å². The lowest BCUT2D eigenvalue weighted by Crippen LogP contribution is -2.44. The van der Waals surface area contributed by atoms with Gasteiger partial charge in [-0.25, -0.2) is 12.7 Å². The van der Waals surface area contributed by atoms with Crippen LogP contribution in [-0.2, 0) is 20.6 Å². The van der Waals surface area contributed by atoms with Gasteiger partial charge in [0.2, 0.25) is 15.9 Å². The predicted octanol–water partition coefficient (Wildman–Crippen LogP) is 5.61. The highest BCUT2D eigenvalue weighted by Crippen LogP contribution is 2.30. The molecule has 8 heteroatoms. The van der Waals surface area contributed by atoms with E-state index >= 15 is 0 Å². The Morgan fingerprint density at radius 3 is 2.61 bits per heavy atom. The fraction of sp³-hybridized carbons (Fsp3) is 0.435. The Labute approximate surface area is 194 Å². The van der Waals surface area contributed by atoms with Crippen molar-refractivity contribution in [3.05, 3.63) is 63.1 Å². The van der Waals surface area contributed by atoms with Crippen LogP contribution in [0.15, 0.2) is 36.4 Å². The molecule has 0 bridgehead atoms. The monoisotopic (exact) mass is 482 g/mol. The lowest BCUT2D eigenvalue weighted by molar-refractivity contribution is -0.120. The van der Waals surface area contributed by atoms with Crippen molar-refractivity contribution in [3.63, 3.8) is 0 Å². The van der Waals surface area contributed by atoms with E-state index in [2.05, 4.69) is 19.2 Å². The summed E-state index contributed by atoms with van der Waals surface area (Å²) in [6.45, 7) is 6.73. The van der Waals surface area contributed by atoms with E-state index in [1.54, 1.807) is 18.2 Å². The summed E-state index contributed by atoms with van der Waals surface area (Å²) in [5, 5.41) is 3.78. The van der Waals surface area contributed by atoms with Gasteiger partial charge in [0.05, 0.1) is 21.7 Å². The molecule has 168 valence electrons. The van der Waals surface area contributed by atoms with Gasteiger partial charge in [-0.05, 0) is 54.5 Å². The maximum absolute atomic E-state index is 13.0. The molecule has 1 aliphatic heterocycles. The summed E-state index contributed by atoms with van der Waals surface area (Å²) >= 11 is 12.0. The zero-order valence-electron chi connectivity index (χ0n) is 18.0. The van der Waals surface area contributed by atoms with E-state index in [0.717, 1.165) is 16.8 Å². The van der Waals surface area contributed by atoms with Crippen molar-refractivity contribution in [3.8, 4) is 0 Å². The molecule has 2 aromatic rings. The second kappa shape index (κ2) is 9.90. The minimum atomic E-state index is -3.58. The molecule has 1 atom stereocenters. The summed E-state index contributed by atoms with van der Waals surface area (Å²) in [6.07, 6.45) is 1.30. The first-order valence-corrected chi connectivity index (χ1v) is 12.8. The number of anilines is 1. The molecule has 0 aliphatic carbocycles. The van der Waals surface area contributed by atoms with Gasteiger partial charge in [-0.15, -0.1) is 0 Å². The third kappa shape index (κ3) is 5.80. The van der Waals surface area contributed by atoms with Gasteiger partial charge in [0.1, 0.15) is 0 Å². The minimum absolute atomic E-state index is 0.134. The Morgan fingerprint density at radius 1 is 1.19 bits per heavy atom. The number of carbonyl (C=O) groups excluding carboxylic acids is 1. The summed E-state index contributed by atoms with van der Waals surface area (Å²) in [7, 11) is -3.58. The molecule has 2 aromatic carbocycles. The van der Waals surface area contributed by atoms with Gasteiger partial charge < -0.3 is 5.32 Å². The number of halogens is 2. The first-order chi connectivity index (χ1) is 14.6. The van der Waals surface area contributed by atoms with Crippen LogP contribution in [0, 0.1) is 12.8 Å². The number of hydrogen-bond donors (Lipinski definition) is 1. The van der Waals surface area contributed by atoms with E-state index in [1.165, 1.54) is 4.31 Å². The van der Waals surface area contributed by atoms with Crippen molar-refractivity contribution in [2.75, 3.05) is 18.4 Å². The number of sulfonamides is 1. The Kier molecular flexibility index (Phi) is 7.68. The number of amides is 1. The largest absolute Gasteiger partial charge is 0.325 e. The molecule has 0 radical (unpaired) electrons. The number of aryl methyl sites for hydroxylation is 1. The molecule has 1 saturated heterocycles. The molecule has 0 unspecified atom stereocenters. The van der Waals surface area contributed by atoms with E-state index in [9.17, 15) is 13.2 Å². The van der Waals surface area contributed by atoms with Crippen molar-refractivity contribution in [1.82, 2.24) is 4.31 Å². The van der Waals surface area contributed by atoms with Crippen LogP contribution in [0.25, 0.3) is 0 Å². The highest BCUT2D eigenvalue weighted by Gasteiger charge is 2.33. The van der Waals surface area contributed by atoms with E-state index in [-0.39, 0.29) is 24.1 Å². The molecular weight excluding hydrogens is 455 g/mol. The smallest absolute Gasteiger partial charge is 0.228 e. The average molecular weight is 483 g/mol. The standard InChI is InChI=1S/C23H28Cl2N2O3S/c1-15(2)19-8-4-6-16(3)22(19)26-23(28)18-7-5-11-27(13-18)31(29,30)14-17-9-10-20(24)21(25)12-17/h4,6,8-10,12,15,18H,5,7,11,13-14H2,1-3H3,(H,26,28)/t18-/m1/s1. The van der Waals surface area contributed by atoms with Gasteiger partial charge in [0.15, 0.2) is 0 Å². The van der Waals surface area contributed by atoms with Crippen molar-refractivity contribution in [2.45, 2.75) is 45.3 Å². The SMILES string of the molecule is Cc1cccc(C(C)C)c1NC(=O)[C@@H]1CCCN(S(=O)(=O)Cc2ccc(Cl)c(Cl)c2)C1. The molecule has 31 heavy (non-hydrogen) atoms. The van der Waals surface area contributed by atoms with Gasteiger partial charge in [0.25, 0.3) is 0 Å². The fourth-order valence-corrected chi connectivity index (χ4v) is 5.83. The maximum atomic E-state index is 13.0. The number of nitrogens with one attached hydrogen (secondary N) is 1. The Morgan fingerprint density at radius 2 is 1.94 bits per heavy atom. The molecule has 5 nitrogen and oxygen atoms in total. The predicted molar refractivity (Wildman–Crippen MR) is 127 cm³/mol. The normalized spacial score (nSPS) is 17.7. The molecule has 0 aromatic heterocycles. The fourth-order valence-electron chi connectivity index (χ4n) is 3.91. The number of piperidine rings is 1. The third-order valence-corrected chi connectivity index (χ3v) is 8.21. The summed E-state index contributed by atoms with van der Waals surface area (Å²) in [5.41, 5.74) is 3.48. The Balaban J connectivity index is 1.73. The van der Waals surface area contributed by atoms with Crippen LogP contribution < -0.4 is 5.32 Å². The Bertz CT molecular complexity index is 1070. The van der Waals surface area contributed by atoms with Gasteiger partial charge in [-0.2, -0.15) is 0 Å². The van der Waals surface area contributed by atoms with Crippen LogP contribution in [0.4, 0.5) is 5.69 Å². The molecular formula is C23H28Cl2N2O3S. The number of benzene rings is 2. The zero-order valence-corrected chi connectivity index (χ0v) is 20.3. The number of carbonyl (C=O) groups is 1. The summed E-state index contributed by atoms with van der Waals surface area (Å²) in [6, 6.07) is 10.8. The average Bonchev–Trinajstić information content (AvgIpc) is 2.72. The minimum Gasteiger partial charge on any atom is -0.325 e. The lowest BCUT2D eigenvalue weighted by atomic mass is 9.95. The number of nitrogens with zero attached hydrogens (tertiary/aromatic N) is 1. The van der Waals surface area contributed by atoms with E-state index in [1.807, 2.05) is 25.1 Å². The van der Waals surface area contributed by atoms with E-state index in [0.29, 0.717) is 35.0 Å². The molecule has 0 spiro atoms. The zero-order chi connectivity index (χ0) is 22.8. The Hall–Kier alpha value is -1.60. The first kappa shape index (κ1) is 24.1. The molecule has 1 fully saturated rings. The van der Waals surface area contributed by atoms with E-state index in [4.69, 9.17) is 23.2 Å². The van der Waals surface area contributed by atoms with Gasteiger partial charge in [-0.1, -0.05) is 61.3 Å². The molecule has 1 aliphatic rings. The van der Waals surface area contributed by atoms with Gasteiger partial charge in [0, 0.05) is 18.8 Å². The van der Waals surface area contributed by atoms with Crippen molar-refractivity contribution in [2.24, 2.45) is 5.92 Å². The van der Waals surface area contributed by atoms with Crippen LogP contribution in [0.2, 0.25) is 10.0 Å². The van der Waals surface area contributed by atoms with Crippen molar-refractivity contribution in [1.29, 1.82) is 0 Å². The summed E-state index contributed by atoms with van der Waals surface area (Å²) in [5.74, 6) is -0.430. The summed E-state index contributed by atoms with van der Waals surface area (Å²) in [4.78, 5) is 13.0.